The van der Waals surface area contributed by atoms with Gasteiger partial charge in [-0.15, -0.1) is 11.3 Å². The fourth-order valence-electron chi connectivity index (χ4n) is 5.64. The van der Waals surface area contributed by atoms with E-state index in [1.54, 1.807) is 11.3 Å². The second-order valence-corrected chi connectivity index (χ2v) is 14.6. The Morgan fingerprint density at radius 3 is 1.47 bits per heavy atom. The van der Waals surface area contributed by atoms with E-state index in [9.17, 15) is 0 Å². The number of rotatable bonds is 17. The van der Waals surface area contributed by atoms with Crippen molar-refractivity contribution in [2.24, 2.45) is 0 Å². The normalized spacial score (nSPS) is 15.1. The van der Waals surface area contributed by atoms with Crippen molar-refractivity contribution in [1.82, 2.24) is 0 Å². The second kappa shape index (κ2) is 16.2. The van der Waals surface area contributed by atoms with E-state index in [1.165, 1.54) is 49.0 Å². The molecular formula is C40H52BNO4S. The first kappa shape index (κ1) is 35.1. The summed E-state index contributed by atoms with van der Waals surface area (Å²) in [5.41, 5.74) is 3.68. The number of benzene rings is 3. The summed E-state index contributed by atoms with van der Waals surface area (Å²) in [4.78, 5) is 3.47. The Hall–Kier alpha value is -3.26. The zero-order chi connectivity index (χ0) is 33.3. The van der Waals surface area contributed by atoms with Crippen LogP contribution in [-0.4, -0.2) is 31.5 Å². The van der Waals surface area contributed by atoms with Gasteiger partial charge in [-0.3, -0.25) is 0 Å². The van der Waals surface area contributed by atoms with Gasteiger partial charge < -0.3 is 23.7 Å². The molecule has 0 radical (unpaired) electrons. The van der Waals surface area contributed by atoms with Gasteiger partial charge in [0.25, 0.3) is 0 Å². The molecule has 0 amide bonds. The van der Waals surface area contributed by atoms with Crippen LogP contribution in [0.3, 0.4) is 0 Å². The first-order valence-electron chi connectivity index (χ1n) is 17.5. The molecule has 3 aromatic carbocycles. The molecule has 1 saturated heterocycles. The molecule has 0 unspecified atom stereocenters. The minimum absolute atomic E-state index is 0.347. The number of unbranched alkanes of at least 4 members (excludes halogenated alkanes) is 6. The predicted octanol–water partition coefficient (Wildman–Crippen LogP) is 11.1. The molecule has 2 heterocycles. The number of thiophene rings is 1. The van der Waals surface area contributed by atoms with Crippen LogP contribution in [0.15, 0.2) is 84.9 Å². The molecule has 0 spiro atoms. The van der Waals surface area contributed by atoms with Gasteiger partial charge in [-0.1, -0.05) is 70.6 Å². The molecule has 0 N–H and O–H groups in total. The zero-order valence-electron chi connectivity index (χ0n) is 29.2. The highest BCUT2D eigenvalue weighted by atomic mass is 32.1. The number of ether oxygens (including phenoxy) is 2. The average molecular weight is 654 g/mol. The van der Waals surface area contributed by atoms with Crippen molar-refractivity contribution in [1.29, 1.82) is 0 Å². The van der Waals surface area contributed by atoms with E-state index in [1.807, 2.05) is 0 Å². The predicted molar refractivity (Wildman–Crippen MR) is 199 cm³/mol. The smallest absolute Gasteiger partial charge is 0.494 e. The van der Waals surface area contributed by atoms with E-state index < -0.39 is 0 Å². The minimum Gasteiger partial charge on any atom is -0.494 e. The van der Waals surface area contributed by atoms with E-state index in [0.717, 1.165) is 59.4 Å². The maximum Gasteiger partial charge on any atom is 0.505 e. The molecule has 1 aliphatic heterocycles. The molecule has 0 atom stereocenters. The molecular weight excluding hydrogens is 601 g/mol. The molecule has 5 nitrogen and oxygen atoms in total. The van der Waals surface area contributed by atoms with Crippen LogP contribution >= 0.6 is 11.3 Å². The number of anilines is 3. The number of hydrogen-bond donors (Lipinski definition) is 0. The Labute approximate surface area is 287 Å². The quantitative estimate of drug-likeness (QED) is 0.0838. The van der Waals surface area contributed by atoms with Crippen molar-refractivity contribution in [3.05, 3.63) is 84.9 Å². The van der Waals surface area contributed by atoms with E-state index in [4.69, 9.17) is 18.8 Å². The summed E-state index contributed by atoms with van der Waals surface area (Å²) >= 11 is 1.72. The van der Waals surface area contributed by atoms with Crippen molar-refractivity contribution in [2.45, 2.75) is 104 Å². The van der Waals surface area contributed by atoms with Crippen LogP contribution in [0.25, 0.3) is 10.4 Å². The summed E-state index contributed by atoms with van der Waals surface area (Å²) in [7, 11) is -0.347. The van der Waals surface area contributed by atoms with Gasteiger partial charge in [0.15, 0.2) is 0 Å². The van der Waals surface area contributed by atoms with Crippen LogP contribution in [0.2, 0.25) is 0 Å². The van der Waals surface area contributed by atoms with Gasteiger partial charge in [-0.25, -0.2) is 0 Å². The third-order valence-electron chi connectivity index (χ3n) is 9.25. The lowest BCUT2D eigenvalue weighted by atomic mass is 9.88. The lowest BCUT2D eigenvalue weighted by Gasteiger charge is -2.32. The van der Waals surface area contributed by atoms with Crippen LogP contribution in [0.5, 0.6) is 11.5 Å². The standard InChI is InChI=1S/C40H52BNO4S/c1-7-9-11-13-29-43-35-23-19-33(20-24-35)42(34-21-25-36(26-22-34)44-30-14-12-10-8-2)32-17-15-31(16-18-32)37-27-28-38(47-37)41-45-39(3,4)40(5,6)46-41/h15-28H,7-14,29-30H2,1-6H3. The molecule has 1 aliphatic rings. The maximum absolute atomic E-state index is 6.30. The van der Waals surface area contributed by atoms with Crippen LogP contribution in [-0.2, 0) is 9.31 Å². The SMILES string of the molecule is CCCCCCOc1ccc(N(c2ccc(OCCCCCC)cc2)c2ccc(-c3ccc(B4OC(C)(C)C(C)(C)O4)s3)cc2)cc1. The first-order valence-corrected chi connectivity index (χ1v) is 18.3. The minimum atomic E-state index is -0.356. The topological polar surface area (TPSA) is 40.2 Å². The highest BCUT2D eigenvalue weighted by molar-refractivity contribution is 7.25. The molecule has 0 saturated carbocycles. The van der Waals surface area contributed by atoms with Crippen molar-refractivity contribution < 1.29 is 18.8 Å². The summed E-state index contributed by atoms with van der Waals surface area (Å²) in [5.74, 6) is 1.81. The van der Waals surface area contributed by atoms with Gasteiger partial charge in [0, 0.05) is 26.7 Å². The van der Waals surface area contributed by atoms with Crippen LogP contribution in [0.4, 0.5) is 17.1 Å². The van der Waals surface area contributed by atoms with Crippen molar-refractivity contribution in [3.63, 3.8) is 0 Å². The summed E-state index contributed by atoms with van der Waals surface area (Å²) in [5, 5.41) is 0. The molecule has 5 rings (SSSR count). The highest BCUT2D eigenvalue weighted by Crippen LogP contribution is 2.39. The van der Waals surface area contributed by atoms with E-state index in [2.05, 4.69) is 131 Å². The molecule has 1 fully saturated rings. The molecule has 250 valence electrons. The van der Waals surface area contributed by atoms with Gasteiger partial charge >= 0.3 is 7.12 Å². The number of hydrogen-bond acceptors (Lipinski definition) is 6. The Balaban J connectivity index is 1.34. The lowest BCUT2D eigenvalue weighted by molar-refractivity contribution is 0.00578. The van der Waals surface area contributed by atoms with Gasteiger partial charge in [-0.05, 0) is 113 Å². The Morgan fingerprint density at radius 1 is 0.574 bits per heavy atom. The molecule has 4 aromatic rings. The molecule has 47 heavy (non-hydrogen) atoms. The number of nitrogens with zero attached hydrogens (tertiary/aromatic N) is 1. The van der Waals surface area contributed by atoms with E-state index >= 15 is 0 Å². The van der Waals surface area contributed by atoms with Crippen LogP contribution < -0.4 is 19.2 Å². The molecule has 1 aromatic heterocycles. The second-order valence-electron chi connectivity index (χ2n) is 13.5. The molecule has 0 aliphatic carbocycles. The van der Waals surface area contributed by atoms with Gasteiger partial charge in [-0.2, -0.15) is 0 Å². The van der Waals surface area contributed by atoms with E-state index in [0.29, 0.717) is 0 Å². The maximum atomic E-state index is 6.30. The lowest BCUT2D eigenvalue weighted by Crippen LogP contribution is -2.41. The summed E-state index contributed by atoms with van der Waals surface area (Å²) in [6.45, 7) is 14.3. The third kappa shape index (κ3) is 9.01. The van der Waals surface area contributed by atoms with Crippen LogP contribution in [0, 0.1) is 0 Å². The molecule has 0 bridgehead atoms. The van der Waals surface area contributed by atoms with Gasteiger partial charge in [0.1, 0.15) is 11.5 Å². The summed E-state index contributed by atoms with van der Waals surface area (Å²) in [6, 6.07) is 30.0. The Morgan fingerprint density at radius 2 is 1.02 bits per heavy atom. The summed E-state index contributed by atoms with van der Waals surface area (Å²) < 4.78 is 25.8. The molecule has 7 heteroatoms. The fourth-order valence-corrected chi connectivity index (χ4v) is 6.61. The van der Waals surface area contributed by atoms with Crippen molar-refractivity contribution in [3.8, 4) is 21.9 Å². The van der Waals surface area contributed by atoms with Gasteiger partial charge in [0.05, 0.1) is 24.4 Å². The van der Waals surface area contributed by atoms with Crippen LogP contribution in [0.1, 0.15) is 92.9 Å². The van der Waals surface area contributed by atoms with Crippen molar-refractivity contribution >= 4 is 40.3 Å². The monoisotopic (exact) mass is 653 g/mol. The Kier molecular flexibility index (Phi) is 12.1. The van der Waals surface area contributed by atoms with E-state index in [-0.39, 0.29) is 18.3 Å². The largest absolute Gasteiger partial charge is 0.505 e. The van der Waals surface area contributed by atoms with Crippen molar-refractivity contribution in [2.75, 3.05) is 18.1 Å². The fraction of sp³-hybridized carbons (Fsp3) is 0.450. The zero-order valence-corrected chi connectivity index (χ0v) is 30.0. The Bertz CT molecular complexity index is 1440. The van der Waals surface area contributed by atoms with Gasteiger partial charge in [0.2, 0.25) is 0 Å². The summed E-state index contributed by atoms with van der Waals surface area (Å²) in [6.07, 6.45) is 9.57. The third-order valence-corrected chi connectivity index (χ3v) is 10.4. The highest BCUT2D eigenvalue weighted by Gasteiger charge is 2.52. The first-order chi connectivity index (χ1) is 22.7. The average Bonchev–Trinajstić information content (AvgIpc) is 3.64.